The van der Waals surface area contributed by atoms with Crippen LogP contribution in [0.2, 0.25) is 0 Å². The monoisotopic (exact) mass is 160 g/mol. The summed E-state index contributed by atoms with van der Waals surface area (Å²) in [5.74, 6) is -1.39. The molecule has 0 aromatic heterocycles. The summed E-state index contributed by atoms with van der Waals surface area (Å²) in [5, 5.41) is 0. The van der Waals surface area contributed by atoms with Crippen LogP contribution in [0.4, 0.5) is 13.2 Å². The van der Waals surface area contributed by atoms with Crippen molar-refractivity contribution in [3.05, 3.63) is 29.5 Å². The largest absolute Gasteiger partial charge is 0.399 e. The molecule has 11 heavy (non-hydrogen) atoms. The molecule has 0 nitrogen and oxygen atoms in total. The van der Waals surface area contributed by atoms with Crippen LogP contribution in [0.5, 0.6) is 0 Å². The van der Waals surface area contributed by atoms with Gasteiger partial charge in [0.25, 0.3) is 0 Å². The van der Waals surface area contributed by atoms with Crippen molar-refractivity contribution in [1.82, 2.24) is 0 Å². The van der Waals surface area contributed by atoms with Crippen LogP contribution in [0.1, 0.15) is 6.92 Å². The molecule has 1 unspecified atom stereocenters. The van der Waals surface area contributed by atoms with Crippen molar-refractivity contribution in [2.24, 2.45) is 5.92 Å². The zero-order valence-corrected chi connectivity index (χ0v) is 5.94. The molecule has 3 heteroatoms. The number of hydrogen-bond donors (Lipinski definition) is 0. The second-order valence-corrected chi connectivity index (χ2v) is 2.27. The predicted octanol–water partition coefficient (Wildman–Crippen LogP) is 2.84. The number of allylic oxidation sites excluding steroid dienone is 3. The molecule has 0 aromatic carbocycles. The number of rotatable bonds is 0. The van der Waals surface area contributed by atoms with Gasteiger partial charge in [0.1, 0.15) is 5.92 Å². The van der Waals surface area contributed by atoms with Crippen LogP contribution in [-0.4, -0.2) is 6.18 Å². The standard InChI is InChI=1S/C8H7F3/c1-2-3-6-4-5-7(6)8(9,10)11/h2,4-5,7H,1H3. The lowest BCUT2D eigenvalue weighted by Crippen LogP contribution is -2.26. The Labute approximate surface area is 62.7 Å². The fourth-order valence-electron chi connectivity index (χ4n) is 0.879. The van der Waals surface area contributed by atoms with Crippen molar-refractivity contribution < 1.29 is 13.2 Å². The summed E-state index contributed by atoms with van der Waals surface area (Å²) in [5.41, 5.74) is 2.75. The van der Waals surface area contributed by atoms with Crippen molar-refractivity contribution in [2.75, 3.05) is 0 Å². The molecular weight excluding hydrogens is 153 g/mol. The van der Waals surface area contributed by atoms with E-state index in [0.29, 0.717) is 0 Å². The summed E-state index contributed by atoms with van der Waals surface area (Å²) in [7, 11) is 0. The average Bonchev–Trinajstić information content (AvgIpc) is 1.75. The molecule has 0 aliphatic heterocycles. The highest BCUT2D eigenvalue weighted by Gasteiger charge is 2.43. The van der Waals surface area contributed by atoms with Gasteiger partial charge in [0.15, 0.2) is 0 Å². The van der Waals surface area contributed by atoms with Gasteiger partial charge in [0.05, 0.1) is 0 Å². The van der Waals surface area contributed by atoms with Crippen LogP contribution in [-0.2, 0) is 0 Å². The van der Waals surface area contributed by atoms with Gasteiger partial charge < -0.3 is 0 Å². The van der Waals surface area contributed by atoms with E-state index >= 15 is 0 Å². The van der Waals surface area contributed by atoms with Gasteiger partial charge in [-0.05, 0) is 13.0 Å². The molecule has 1 rings (SSSR count). The first kappa shape index (κ1) is 8.15. The highest BCUT2D eigenvalue weighted by molar-refractivity contribution is 5.36. The third kappa shape index (κ3) is 1.55. The van der Waals surface area contributed by atoms with Crippen LogP contribution in [0, 0.1) is 5.92 Å². The Morgan fingerprint density at radius 3 is 2.45 bits per heavy atom. The molecule has 1 aliphatic rings. The summed E-state index contributed by atoms with van der Waals surface area (Å²) in [6, 6.07) is 0. The van der Waals surface area contributed by atoms with E-state index in [1.54, 1.807) is 6.92 Å². The first-order valence-electron chi connectivity index (χ1n) is 3.22. The van der Waals surface area contributed by atoms with E-state index in [-0.39, 0.29) is 5.57 Å². The highest BCUT2D eigenvalue weighted by Crippen LogP contribution is 2.38. The predicted molar refractivity (Wildman–Crippen MR) is 36.0 cm³/mol. The summed E-state index contributed by atoms with van der Waals surface area (Å²) < 4.78 is 35.8. The molecule has 0 amide bonds. The van der Waals surface area contributed by atoms with Gasteiger partial charge in [-0.15, -0.1) is 5.73 Å². The Bertz CT molecular complexity index is 239. The zero-order valence-electron chi connectivity index (χ0n) is 5.94. The van der Waals surface area contributed by atoms with Crippen LogP contribution in [0.15, 0.2) is 29.5 Å². The second kappa shape index (κ2) is 2.59. The minimum Gasteiger partial charge on any atom is -0.170 e. The lowest BCUT2D eigenvalue weighted by molar-refractivity contribution is -0.153. The normalized spacial score (nSPS) is 22.5. The number of halogens is 3. The summed E-state index contributed by atoms with van der Waals surface area (Å²) in [6.45, 7) is 1.65. The molecule has 0 saturated carbocycles. The van der Waals surface area contributed by atoms with E-state index < -0.39 is 12.1 Å². The average molecular weight is 160 g/mol. The third-order valence-electron chi connectivity index (χ3n) is 1.47. The minimum absolute atomic E-state index is 0.222. The van der Waals surface area contributed by atoms with Gasteiger partial charge >= 0.3 is 6.18 Å². The Kier molecular flexibility index (Phi) is 1.92. The molecule has 0 bridgehead atoms. The van der Waals surface area contributed by atoms with Crippen molar-refractivity contribution >= 4 is 0 Å². The van der Waals surface area contributed by atoms with E-state index in [2.05, 4.69) is 5.73 Å². The van der Waals surface area contributed by atoms with Gasteiger partial charge in [0.2, 0.25) is 0 Å². The van der Waals surface area contributed by atoms with E-state index in [9.17, 15) is 13.2 Å². The summed E-state index contributed by atoms with van der Waals surface area (Å²) in [4.78, 5) is 0. The fraction of sp³-hybridized carbons (Fsp3) is 0.375. The van der Waals surface area contributed by atoms with Crippen LogP contribution in [0.25, 0.3) is 0 Å². The molecule has 0 N–H and O–H groups in total. The Hall–Kier alpha value is -0.950. The first-order chi connectivity index (χ1) is 5.05. The molecule has 0 heterocycles. The highest BCUT2D eigenvalue weighted by atomic mass is 19.4. The van der Waals surface area contributed by atoms with Crippen LogP contribution >= 0.6 is 0 Å². The van der Waals surface area contributed by atoms with Crippen molar-refractivity contribution in [2.45, 2.75) is 13.1 Å². The molecule has 60 valence electrons. The molecule has 0 spiro atoms. The maximum Gasteiger partial charge on any atom is 0.399 e. The van der Waals surface area contributed by atoms with Crippen LogP contribution < -0.4 is 0 Å². The Morgan fingerprint density at radius 1 is 1.55 bits per heavy atom. The Morgan fingerprint density at radius 2 is 2.18 bits per heavy atom. The quantitative estimate of drug-likeness (QED) is 0.478. The lowest BCUT2D eigenvalue weighted by atomic mass is 9.88. The molecule has 0 saturated heterocycles. The fourth-order valence-corrected chi connectivity index (χ4v) is 0.879. The topological polar surface area (TPSA) is 0 Å². The van der Waals surface area contributed by atoms with Crippen LogP contribution in [0.3, 0.4) is 0 Å². The van der Waals surface area contributed by atoms with Crippen molar-refractivity contribution in [3.63, 3.8) is 0 Å². The number of hydrogen-bond acceptors (Lipinski definition) is 0. The molecular formula is C8H7F3. The van der Waals surface area contributed by atoms with Gasteiger partial charge in [-0.25, -0.2) is 0 Å². The molecule has 1 atom stereocenters. The molecule has 0 radical (unpaired) electrons. The second-order valence-electron chi connectivity index (χ2n) is 2.27. The van der Waals surface area contributed by atoms with Crippen molar-refractivity contribution in [1.29, 1.82) is 0 Å². The summed E-state index contributed by atoms with van der Waals surface area (Å²) >= 11 is 0. The molecule has 0 aromatic rings. The van der Waals surface area contributed by atoms with Gasteiger partial charge in [-0.2, -0.15) is 13.2 Å². The van der Waals surface area contributed by atoms with E-state index in [1.807, 2.05) is 0 Å². The zero-order chi connectivity index (χ0) is 8.48. The first-order valence-corrected chi connectivity index (χ1v) is 3.22. The maximum absolute atomic E-state index is 11.9. The molecule has 1 aliphatic carbocycles. The van der Waals surface area contributed by atoms with E-state index in [4.69, 9.17) is 0 Å². The molecule has 0 fully saturated rings. The maximum atomic E-state index is 11.9. The van der Waals surface area contributed by atoms with Gasteiger partial charge in [0, 0.05) is 5.57 Å². The van der Waals surface area contributed by atoms with Crippen molar-refractivity contribution in [3.8, 4) is 0 Å². The smallest absolute Gasteiger partial charge is 0.170 e. The Balaban J connectivity index is 2.83. The minimum atomic E-state index is -4.14. The summed E-state index contributed by atoms with van der Waals surface area (Å²) in [6.07, 6.45) is -0.0956. The lowest BCUT2D eigenvalue weighted by Gasteiger charge is -2.22. The van der Waals surface area contributed by atoms with Gasteiger partial charge in [-0.3, -0.25) is 0 Å². The number of alkyl halides is 3. The van der Waals surface area contributed by atoms with E-state index in [0.717, 1.165) is 6.08 Å². The van der Waals surface area contributed by atoms with Gasteiger partial charge in [-0.1, -0.05) is 12.2 Å². The third-order valence-corrected chi connectivity index (χ3v) is 1.47. The van der Waals surface area contributed by atoms with E-state index in [1.165, 1.54) is 12.2 Å². The SMILES string of the molecule is CC=C=C1C=CC1C(F)(F)F.